The van der Waals surface area contributed by atoms with Gasteiger partial charge in [0.25, 0.3) is 0 Å². The highest BCUT2D eigenvalue weighted by Crippen LogP contribution is 2.01. The van der Waals surface area contributed by atoms with Crippen molar-refractivity contribution >= 4 is 11.9 Å². The molecule has 0 saturated heterocycles. The Morgan fingerprint density at radius 3 is 2.05 bits per heavy atom. The molecule has 0 bridgehead atoms. The number of unbranched alkanes of at least 4 members (excludes halogenated alkanes) is 3. The van der Waals surface area contributed by atoms with Gasteiger partial charge in [0.15, 0.2) is 0 Å². The number of carbonyl (C=O) groups excluding carboxylic acids is 2. The predicted octanol–water partition coefficient (Wildman–Crippen LogP) is 1.65. The topological polar surface area (TPSA) is 76.1 Å². The third kappa shape index (κ3) is 13.2. The van der Waals surface area contributed by atoms with Gasteiger partial charge in [0, 0.05) is 31.9 Å². The van der Waals surface area contributed by atoms with E-state index in [1.54, 1.807) is 31.1 Å². The van der Waals surface area contributed by atoms with E-state index >= 15 is 0 Å². The number of aliphatic hydroxyl groups excluding tert-OH is 1. The number of carbonyl (C=O) groups is 2. The molecule has 6 heteroatoms. The molecule has 0 rings (SSSR count). The van der Waals surface area contributed by atoms with Crippen molar-refractivity contribution in [3.8, 4) is 0 Å². The highest BCUT2D eigenvalue weighted by Gasteiger charge is 1.99. The zero-order valence-electron chi connectivity index (χ0n) is 13.5. The number of aliphatic hydroxyl groups is 1. The van der Waals surface area contributed by atoms with Gasteiger partial charge in [-0.25, -0.2) is 9.59 Å². The summed E-state index contributed by atoms with van der Waals surface area (Å²) in [5.74, 6) is -0.695. The molecule has 0 aliphatic rings. The molecule has 0 radical (unpaired) electrons. The molecule has 0 saturated carbocycles. The number of ether oxygens (including phenoxy) is 2. The fourth-order valence-corrected chi connectivity index (χ4v) is 1.56. The third-order valence-electron chi connectivity index (χ3n) is 2.75. The average Bonchev–Trinajstić information content (AvgIpc) is 2.48. The van der Waals surface area contributed by atoms with Crippen molar-refractivity contribution in [1.29, 1.82) is 0 Å². The van der Waals surface area contributed by atoms with Gasteiger partial charge in [-0.3, -0.25) is 0 Å². The lowest BCUT2D eigenvalue weighted by Crippen LogP contribution is -2.16. The monoisotopic (exact) mass is 313 g/mol. The Kier molecular flexibility index (Phi) is 13.0. The van der Waals surface area contributed by atoms with Crippen LogP contribution in [0.5, 0.6) is 0 Å². The molecule has 0 aliphatic heterocycles. The van der Waals surface area contributed by atoms with Crippen LogP contribution in [0.15, 0.2) is 24.4 Å². The van der Waals surface area contributed by atoms with Gasteiger partial charge in [-0.1, -0.05) is 6.08 Å². The Labute approximate surface area is 132 Å². The first-order chi connectivity index (χ1) is 10.6. The molecular weight excluding hydrogens is 286 g/mol. The Bertz CT molecular complexity index is 366. The van der Waals surface area contributed by atoms with Gasteiger partial charge in [-0.15, -0.1) is 0 Å². The van der Waals surface area contributed by atoms with Crippen molar-refractivity contribution in [3.63, 3.8) is 0 Å². The highest BCUT2D eigenvalue weighted by atomic mass is 16.5. The van der Waals surface area contributed by atoms with Crippen molar-refractivity contribution in [1.82, 2.24) is 4.90 Å². The Balaban J connectivity index is 3.46. The molecule has 6 nitrogen and oxygen atoms in total. The molecule has 0 aromatic heterocycles. The number of nitrogens with zero attached hydrogens (tertiary/aromatic N) is 1. The summed E-state index contributed by atoms with van der Waals surface area (Å²) in [6.45, 7) is 3.08. The Morgan fingerprint density at radius 2 is 1.55 bits per heavy atom. The van der Waals surface area contributed by atoms with Crippen LogP contribution >= 0.6 is 0 Å². The number of likely N-dealkylation sites (N-methyl/N-ethyl adjacent to an activating group) is 1. The fraction of sp³-hybridized carbons (Fsp3) is 0.625. The Morgan fingerprint density at radius 1 is 1.00 bits per heavy atom. The smallest absolute Gasteiger partial charge is 0.332 e. The molecule has 0 amide bonds. The van der Waals surface area contributed by atoms with E-state index in [1.807, 2.05) is 0 Å². The summed E-state index contributed by atoms with van der Waals surface area (Å²) < 4.78 is 10.00. The van der Waals surface area contributed by atoms with Gasteiger partial charge < -0.3 is 19.5 Å². The lowest BCUT2D eigenvalue weighted by atomic mass is 10.2. The van der Waals surface area contributed by atoms with Crippen LogP contribution in [0.4, 0.5) is 0 Å². The molecule has 0 aliphatic carbocycles. The molecule has 1 N–H and O–H groups in total. The molecule has 0 fully saturated rings. The van der Waals surface area contributed by atoms with Crippen molar-refractivity contribution < 1.29 is 24.2 Å². The van der Waals surface area contributed by atoms with Gasteiger partial charge in [-0.05, 0) is 32.6 Å². The summed E-state index contributed by atoms with van der Waals surface area (Å²) in [6.07, 6.45) is 9.40. The minimum atomic E-state index is -0.384. The van der Waals surface area contributed by atoms with Crippen LogP contribution in [0.25, 0.3) is 0 Å². The summed E-state index contributed by atoms with van der Waals surface area (Å²) in [6, 6.07) is 0. The second-order valence-electron chi connectivity index (χ2n) is 4.77. The average molecular weight is 313 g/mol. The van der Waals surface area contributed by atoms with E-state index in [4.69, 9.17) is 14.6 Å². The quantitative estimate of drug-likeness (QED) is 0.335. The van der Waals surface area contributed by atoms with Crippen LogP contribution < -0.4 is 0 Å². The fourth-order valence-electron chi connectivity index (χ4n) is 1.56. The van der Waals surface area contributed by atoms with Crippen molar-refractivity contribution in [2.75, 3.05) is 33.4 Å². The molecule has 126 valence electrons. The van der Waals surface area contributed by atoms with Crippen LogP contribution in [0.1, 0.15) is 32.6 Å². The minimum Gasteiger partial charge on any atom is -0.463 e. The normalized spacial score (nSPS) is 11.0. The van der Waals surface area contributed by atoms with E-state index in [0.29, 0.717) is 19.8 Å². The molecule has 0 spiro atoms. The van der Waals surface area contributed by atoms with Crippen LogP contribution in [0, 0.1) is 0 Å². The molecule has 22 heavy (non-hydrogen) atoms. The van der Waals surface area contributed by atoms with E-state index in [9.17, 15) is 9.59 Å². The first-order valence-electron chi connectivity index (χ1n) is 7.55. The van der Waals surface area contributed by atoms with Gasteiger partial charge in [0.2, 0.25) is 0 Å². The number of hydrogen-bond acceptors (Lipinski definition) is 6. The van der Waals surface area contributed by atoms with Gasteiger partial charge in [0.05, 0.1) is 19.8 Å². The third-order valence-corrected chi connectivity index (χ3v) is 2.75. The standard InChI is InChI=1S/C16H27NO5/c1-3-8-15(19)21-13-6-4-5-7-14-22-16(20)9-10-17(2)11-12-18/h3,8-10,18H,4-7,11-14H2,1-2H3/b8-3+,10-9+. The molecule has 0 unspecified atom stereocenters. The molecule has 0 aromatic carbocycles. The second kappa shape index (κ2) is 14.1. The van der Waals surface area contributed by atoms with Gasteiger partial charge in [-0.2, -0.15) is 0 Å². The predicted molar refractivity (Wildman–Crippen MR) is 84.1 cm³/mol. The van der Waals surface area contributed by atoms with Crippen molar-refractivity contribution in [2.45, 2.75) is 32.6 Å². The molecule has 0 aromatic rings. The number of hydrogen-bond donors (Lipinski definition) is 1. The van der Waals surface area contributed by atoms with Gasteiger partial charge >= 0.3 is 11.9 Å². The maximum atomic E-state index is 11.4. The first kappa shape index (κ1) is 20.2. The summed E-state index contributed by atoms with van der Waals surface area (Å²) in [5.41, 5.74) is 0. The minimum absolute atomic E-state index is 0.0416. The van der Waals surface area contributed by atoms with E-state index in [1.165, 1.54) is 12.2 Å². The largest absolute Gasteiger partial charge is 0.463 e. The first-order valence-corrected chi connectivity index (χ1v) is 7.55. The van der Waals surface area contributed by atoms with Crippen molar-refractivity contribution in [3.05, 3.63) is 24.4 Å². The van der Waals surface area contributed by atoms with Crippen LogP contribution in [-0.4, -0.2) is 55.4 Å². The zero-order valence-corrected chi connectivity index (χ0v) is 13.5. The van der Waals surface area contributed by atoms with E-state index < -0.39 is 0 Å². The number of rotatable bonds is 12. The summed E-state index contributed by atoms with van der Waals surface area (Å²) >= 11 is 0. The zero-order chi connectivity index (χ0) is 16.6. The maximum Gasteiger partial charge on any atom is 0.332 e. The Hall–Kier alpha value is -1.82. The lowest BCUT2D eigenvalue weighted by Gasteiger charge is -2.10. The maximum absolute atomic E-state index is 11.4. The van der Waals surface area contributed by atoms with E-state index in [0.717, 1.165) is 25.7 Å². The summed E-state index contributed by atoms with van der Waals surface area (Å²) in [5, 5.41) is 8.70. The molecule has 0 heterocycles. The van der Waals surface area contributed by atoms with Crippen molar-refractivity contribution in [2.24, 2.45) is 0 Å². The van der Waals surface area contributed by atoms with Crippen LogP contribution in [0.2, 0.25) is 0 Å². The molecular formula is C16H27NO5. The SMILES string of the molecule is C/C=C/C(=O)OCCCCCCOC(=O)/C=C/N(C)CCO. The molecule has 0 atom stereocenters. The van der Waals surface area contributed by atoms with Crippen LogP contribution in [-0.2, 0) is 19.1 Å². The number of esters is 2. The summed E-state index contributed by atoms with van der Waals surface area (Å²) in [4.78, 5) is 24.1. The van der Waals surface area contributed by atoms with Gasteiger partial charge in [0.1, 0.15) is 0 Å². The second-order valence-corrected chi connectivity index (χ2v) is 4.77. The number of allylic oxidation sites excluding steroid dienone is 1. The lowest BCUT2D eigenvalue weighted by molar-refractivity contribution is -0.139. The summed E-state index contributed by atoms with van der Waals surface area (Å²) in [7, 11) is 1.77. The van der Waals surface area contributed by atoms with E-state index in [-0.39, 0.29) is 18.5 Å². The van der Waals surface area contributed by atoms with Crippen LogP contribution in [0.3, 0.4) is 0 Å². The van der Waals surface area contributed by atoms with E-state index in [2.05, 4.69) is 0 Å². The highest BCUT2D eigenvalue weighted by molar-refractivity contribution is 5.82.